The second-order valence-electron chi connectivity index (χ2n) is 7.21. The van der Waals surface area contributed by atoms with Gasteiger partial charge in [-0.3, -0.25) is 4.79 Å². The maximum absolute atomic E-state index is 12.3. The molecule has 0 radical (unpaired) electrons. The molecule has 4 rings (SSSR count). The number of urea groups is 1. The molecule has 0 unspecified atom stereocenters. The van der Waals surface area contributed by atoms with Gasteiger partial charge in [0, 0.05) is 27.2 Å². The SMILES string of the molecule is Cc1ccc(NC(=O)Nc2ccc(SCC(=O)Nc3nc(-c4ccccc4)cs3)cc2)cc1. The monoisotopic (exact) mass is 474 g/mol. The molecule has 0 aliphatic heterocycles. The van der Waals surface area contributed by atoms with E-state index in [0.717, 1.165) is 27.4 Å². The molecule has 3 amide bonds. The fraction of sp³-hybridized carbons (Fsp3) is 0.0800. The van der Waals surface area contributed by atoms with E-state index in [2.05, 4.69) is 20.9 Å². The van der Waals surface area contributed by atoms with Crippen molar-refractivity contribution in [3.05, 3.63) is 89.8 Å². The van der Waals surface area contributed by atoms with Crippen LogP contribution in [-0.2, 0) is 4.79 Å². The maximum Gasteiger partial charge on any atom is 0.323 e. The van der Waals surface area contributed by atoms with E-state index < -0.39 is 0 Å². The van der Waals surface area contributed by atoms with E-state index in [0.29, 0.717) is 10.8 Å². The average molecular weight is 475 g/mol. The average Bonchev–Trinajstić information content (AvgIpc) is 3.29. The van der Waals surface area contributed by atoms with Crippen LogP contribution < -0.4 is 16.0 Å². The Bertz CT molecular complexity index is 1220. The Morgan fingerprint density at radius 3 is 2.15 bits per heavy atom. The third-order valence-electron chi connectivity index (χ3n) is 4.61. The van der Waals surface area contributed by atoms with Crippen molar-refractivity contribution in [2.45, 2.75) is 11.8 Å². The zero-order valence-corrected chi connectivity index (χ0v) is 19.5. The van der Waals surface area contributed by atoms with Crippen molar-refractivity contribution >= 4 is 51.5 Å². The standard InChI is InChI=1S/C25H22N4O2S2/c1-17-7-9-19(10-8-17)26-24(31)27-20-11-13-21(14-12-20)32-16-23(30)29-25-28-22(15-33-25)18-5-3-2-4-6-18/h2-15H,16H2,1H3,(H2,26,27,31)(H,28,29,30). The van der Waals surface area contributed by atoms with E-state index in [1.54, 1.807) is 0 Å². The van der Waals surface area contributed by atoms with Gasteiger partial charge in [0.25, 0.3) is 0 Å². The molecular weight excluding hydrogens is 452 g/mol. The summed E-state index contributed by atoms with van der Waals surface area (Å²) < 4.78 is 0. The molecule has 0 bridgehead atoms. The fourth-order valence-electron chi connectivity index (χ4n) is 2.94. The quantitative estimate of drug-likeness (QED) is 0.267. The topological polar surface area (TPSA) is 83.1 Å². The lowest BCUT2D eigenvalue weighted by Gasteiger charge is -2.08. The summed E-state index contributed by atoms with van der Waals surface area (Å²) in [6.45, 7) is 1.99. The first-order chi connectivity index (χ1) is 16.0. The van der Waals surface area contributed by atoms with Crippen LogP contribution in [0.4, 0.5) is 21.3 Å². The molecule has 0 atom stereocenters. The van der Waals surface area contributed by atoms with E-state index in [1.807, 2.05) is 91.2 Å². The second-order valence-corrected chi connectivity index (χ2v) is 9.12. The van der Waals surface area contributed by atoms with Gasteiger partial charge in [-0.05, 0) is 43.3 Å². The Balaban J connectivity index is 1.23. The van der Waals surface area contributed by atoms with Crippen LogP contribution in [0.5, 0.6) is 0 Å². The molecule has 3 aromatic carbocycles. The Kier molecular flexibility index (Phi) is 7.39. The Morgan fingerprint density at radius 2 is 1.48 bits per heavy atom. The van der Waals surface area contributed by atoms with Gasteiger partial charge in [0.15, 0.2) is 5.13 Å². The summed E-state index contributed by atoms with van der Waals surface area (Å²) in [6, 6.07) is 24.5. The zero-order valence-electron chi connectivity index (χ0n) is 17.9. The van der Waals surface area contributed by atoms with Crippen LogP contribution in [0.3, 0.4) is 0 Å². The van der Waals surface area contributed by atoms with Gasteiger partial charge < -0.3 is 16.0 Å². The predicted molar refractivity (Wildman–Crippen MR) is 137 cm³/mol. The number of hydrogen-bond donors (Lipinski definition) is 3. The summed E-state index contributed by atoms with van der Waals surface area (Å²) in [4.78, 5) is 29.9. The smallest absolute Gasteiger partial charge is 0.308 e. The molecule has 6 nitrogen and oxygen atoms in total. The highest BCUT2D eigenvalue weighted by Crippen LogP contribution is 2.25. The fourth-order valence-corrected chi connectivity index (χ4v) is 4.38. The van der Waals surface area contributed by atoms with Crippen molar-refractivity contribution in [2.75, 3.05) is 21.7 Å². The van der Waals surface area contributed by atoms with Gasteiger partial charge in [0.2, 0.25) is 5.91 Å². The van der Waals surface area contributed by atoms with Crippen molar-refractivity contribution in [2.24, 2.45) is 0 Å². The zero-order chi connectivity index (χ0) is 23.0. The van der Waals surface area contributed by atoms with Crippen LogP contribution in [0.25, 0.3) is 11.3 Å². The van der Waals surface area contributed by atoms with Gasteiger partial charge in [-0.25, -0.2) is 9.78 Å². The Hall–Kier alpha value is -3.62. The van der Waals surface area contributed by atoms with Gasteiger partial charge >= 0.3 is 6.03 Å². The lowest BCUT2D eigenvalue weighted by atomic mass is 10.2. The lowest BCUT2D eigenvalue weighted by Crippen LogP contribution is -2.19. The first-order valence-corrected chi connectivity index (χ1v) is 12.1. The van der Waals surface area contributed by atoms with E-state index in [-0.39, 0.29) is 17.7 Å². The molecule has 8 heteroatoms. The van der Waals surface area contributed by atoms with Crippen LogP contribution in [-0.4, -0.2) is 22.7 Å². The van der Waals surface area contributed by atoms with Gasteiger partial charge in [-0.1, -0.05) is 48.0 Å². The number of aryl methyl sites for hydroxylation is 1. The maximum atomic E-state index is 12.3. The summed E-state index contributed by atoms with van der Waals surface area (Å²) in [6.07, 6.45) is 0. The van der Waals surface area contributed by atoms with Crippen LogP contribution in [0, 0.1) is 6.92 Å². The van der Waals surface area contributed by atoms with E-state index in [1.165, 1.54) is 23.1 Å². The summed E-state index contributed by atoms with van der Waals surface area (Å²) in [5.41, 5.74) is 4.39. The number of benzene rings is 3. The summed E-state index contributed by atoms with van der Waals surface area (Å²) in [5, 5.41) is 11.0. The molecule has 0 spiro atoms. The van der Waals surface area contributed by atoms with Gasteiger partial charge in [0.05, 0.1) is 11.4 Å². The van der Waals surface area contributed by atoms with Crippen molar-refractivity contribution in [1.82, 2.24) is 4.98 Å². The first-order valence-electron chi connectivity index (χ1n) is 10.2. The molecule has 0 aliphatic carbocycles. The van der Waals surface area contributed by atoms with Crippen molar-refractivity contribution in [3.8, 4) is 11.3 Å². The Morgan fingerprint density at radius 1 is 0.848 bits per heavy atom. The number of amides is 3. The minimum Gasteiger partial charge on any atom is -0.308 e. The van der Waals surface area contributed by atoms with Crippen molar-refractivity contribution in [1.29, 1.82) is 0 Å². The van der Waals surface area contributed by atoms with Crippen molar-refractivity contribution < 1.29 is 9.59 Å². The number of anilines is 3. The van der Waals surface area contributed by atoms with Crippen LogP contribution in [0.1, 0.15) is 5.56 Å². The molecule has 0 saturated heterocycles. The molecule has 0 fully saturated rings. The van der Waals surface area contributed by atoms with Crippen molar-refractivity contribution in [3.63, 3.8) is 0 Å². The molecule has 0 aliphatic rings. The summed E-state index contributed by atoms with van der Waals surface area (Å²) >= 11 is 2.82. The molecule has 3 N–H and O–H groups in total. The van der Waals surface area contributed by atoms with Gasteiger partial charge in [0.1, 0.15) is 0 Å². The predicted octanol–water partition coefficient (Wildman–Crippen LogP) is 6.49. The number of thioether (sulfide) groups is 1. The van der Waals surface area contributed by atoms with Crippen LogP contribution in [0.15, 0.2) is 89.1 Å². The van der Waals surface area contributed by atoms with E-state index in [9.17, 15) is 9.59 Å². The molecule has 166 valence electrons. The molecular formula is C25H22N4O2S2. The number of nitrogens with zero attached hydrogens (tertiary/aromatic N) is 1. The number of aromatic nitrogens is 1. The van der Waals surface area contributed by atoms with Gasteiger partial charge in [-0.2, -0.15) is 0 Å². The first kappa shape index (κ1) is 22.6. The molecule has 1 heterocycles. The lowest BCUT2D eigenvalue weighted by molar-refractivity contribution is -0.113. The normalized spacial score (nSPS) is 10.5. The minimum atomic E-state index is -0.308. The molecule has 0 saturated carbocycles. The molecule has 1 aromatic heterocycles. The van der Waals surface area contributed by atoms with Gasteiger partial charge in [-0.15, -0.1) is 23.1 Å². The molecule has 4 aromatic rings. The Labute approximate surface area is 200 Å². The van der Waals surface area contributed by atoms with Crippen LogP contribution in [0.2, 0.25) is 0 Å². The number of thiazole rings is 1. The van der Waals surface area contributed by atoms with E-state index in [4.69, 9.17) is 0 Å². The third-order valence-corrected chi connectivity index (χ3v) is 6.38. The largest absolute Gasteiger partial charge is 0.323 e. The minimum absolute atomic E-state index is 0.117. The summed E-state index contributed by atoms with van der Waals surface area (Å²) in [5.74, 6) is 0.148. The highest BCUT2D eigenvalue weighted by atomic mass is 32.2. The molecule has 33 heavy (non-hydrogen) atoms. The third kappa shape index (κ3) is 6.68. The second kappa shape index (κ2) is 10.8. The van der Waals surface area contributed by atoms with Crippen LogP contribution >= 0.6 is 23.1 Å². The van der Waals surface area contributed by atoms with E-state index >= 15 is 0 Å². The highest BCUT2D eigenvalue weighted by Gasteiger charge is 2.09. The highest BCUT2D eigenvalue weighted by molar-refractivity contribution is 8.00. The number of rotatable bonds is 7. The number of nitrogens with one attached hydrogen (secondary N) is 3. The number of hydrogen-bond acceptors (Lipinski definition) is 5. The number of carbonyl (C=O) groups is 2. The number of carbonyl (C=O) groups excluding carboxylic acids is 2. The summed E-state index contributed by atoms with van der Waals surface area (Å²) in [7, 11) is 0.